The van der Waals surface area contributed by atoms with E-state index in [0.717, 1.165) is 36.3 Å². The topological polar surface area (TPSA) is 53.6 Å². The summed E-state index contributed by atoms with van der Waals surface area (Å²) in [5, 5.41) is 10.8. The maximum Gasteiger partial charge on any atom is 0.160 e. The fourth-order valence-corrected chi connectivity index (χ4v) is 3.14. The molecule has 0 bridgehead atoms. The molecule has 3 aromatic rings. The first-order chi connectivity index (χ1) is 11.0. The van der Waals surface area contributed by atoms with Crippen molar-refractivity contribution < 1.29 is 8.78 Å². The quantitative estimate of drug-likeness (QED) is 0.714. The third-order valence-electron chi connectivity index (χ3n) is 4.54. The number of anilines is 1. The number of H-pyrrole nitrogens is 1. The summed E-state index contributed by atoms with van der Waals surface area (Å²) in [5.74, 6) is -1.78. The number of pyridine rings is 1. The third kappa shape index (κ3) is 2.17. The van der Waals surface area contributed by atoms with Crippen LogP contribution in [0.15, 0.2) is 24.4 Å². The van der Waals surface area contributed by atoms with Crippen molar-refractivity contribution in [3.63, 3.8) is 0 Å². The Balaban J connectivity index is 1.90. The number of halogens is 2. The zero-order chi connectivity index (χ0) is 16.2. The van der Waals surface area contributed by atoms with Crippen LogP contribution < -0.4 is 5.32 Å². The Labute approximate surface area is 131 Å². The van der Waals surface area contributed by atoms with Crippen molar-refractivity contribution in [3.05, 3.63) is 41.6 Å². The van der Waals surface area contributed by atoms with Crippen LogP contribution >= 0.6 is 0 Å². The molecule has 1 aliphatic rings. The Kier molecular flexibility index (Phi) is 2.91. The van der Waals surface area contributed by atoms with Crippen LogP contribution in [0.25, 0.3) is 22.3 Å². The van der Waals surface area contributed by atoms with E-state index in [1.54, 1.807) is 6.20 Å². The molecule has 0 spiro atoms. The second-order valence-electron chi connectivity index (χ2n) is 6.56. The third-order valence-corrected chi connectivity index (χ3v) is 4.54. The monoisotopic (exact) mass is 314 g/mol. The zero-order valence-corrected chi connectivity index (χ0v) is 12.9. The van der Waals surface area contributed by atoms with Crippen LogP contribution in [0.5, 0.6) is 0 Å². The van der Waals surface area contributed by atoms with E-state index in [2.05, 4.69) is 34.3 Å². The molecular formula is C17H16F2N4. The molecule has 0 amide bonds. The number of aromatic amines is 1. The largest absolute Gasteiger partial charge is 0.384 e. The molecule has 2 N–H and O–H groups in total. The zero-order valence-electron chi connectivity index (χ0n) is 12.9. The number of fused-ring (bicyclic) bond motifs is 2. The van der Waals surface area contributed by atoms with Gasteiger partial charge in [0.1, 0.15) is 5.69 Å². The molecule has 0 saturated carbocycles. The molecular weight excluding hydrogens is 298 g/mol. The number of benzene rings is 1. The van der Waals surface area contributed by atoms with E-state index in [4.69, 9.17) is 0 Å². The fourth-order valence-electron chi connectivity index (χ4n) is 3.14. The number of nitrogens with one attached hydrogen (secondary N) is 2. The van der Waals surface area contributed by atoms with E-state index >= 15 is 0 Å². The van der Waals surface area contributed by atoms with Crippen LogP contribution in [0.3, 0.4) is 0 Å². The maximum absolute atomic E-state index is 13.6. The van der Waals surface area contributed by atoms with Gasteiger partial charge in [0.2, 0.25) is 0 Å². The Morgan fingerprint density at radius 2 is 1.91 bits per heavy atom. The highest BCUT2D eigenvalue weighted by molar-refractivity contribution is 5.92. The number of hydrogen-bond donors (Lipinski definition) is 2. The Bertz CT molecular complexity index is 914. The summed E-state index contributed by atoms with van der Waals surface area (Å²) in [5.41, 5.74) is 3.84. The molecule has 0 atom stereocenters. The van der Waals surface area contributed by atoms with Gasteiger partial charge in [-0.2, -0.15) is 5.10 Å². The van der Waals surface area contributed by atoms with E-state index in [1.807, 2.05) is 6.07 Å². The summed E-state index contributed by atoms with van der Waals surface area (Å²) >= 11 is 0. The molecule has 3 heterocycles. The standard InChI is InChI=1S/C17H16F2N4/c1-17(2)3-4-20-15-8-21-14(6-10(15)17)16-9-5-11(18)12(19)7-13(9)22-23-16/h5-8,20H,3-4H2,1-2H3,(H,22,23). The minimum absolute atomic E-state index is 0.0295. The molecule has 6 heteroatoms. The molecule has 1 aromatic carbocycles. The van der Waals surface area contributed by atoms with Gasteiger partial charge in [-0.05, 0) is 29.5 Å². The van der Waals surface area contributed by atoms with Gasteiger partial charge in [-0.15, -0.1) is 0 Å². The lowest BCUT2D eigenvalue weighted by atomic mass is 9.78. The molecule has 23 heavy (non-hydrogen) atoms. The minimum Gasteiger partial charge on any atom is -0.384 e. The van der Waals surface area contributed by atoms with Crippen molar-refractivity contribution in [2.24, 2.45) is 0 Å². The predicted octanol–water partition coefficient (Wildman–Crippen LogP) is 4.00. The average molecular weight is 314 g/mol. The highest BCUT2D eigenvalue weighted by Crippen LogP contribution is 2.38. The molecule has 4 rings (SSSR count). The second kappa shape index (κ2) is 4.75. The smallest absolute Gasteiger partial charge is 0.160 e. The van der Waals surface area contributed by atoms with E-state index in [-0.39, 0.29) is 5.41 Å². The van der Waals surface area contributed by atoms with Crippen molar-refractivity contribution in [2.45, 2.75) is 25.7 Å². The van der Waals surface area contributed by atoms with Crippen molar-refractivity contribution in [1.29, 1.82) is 0 Å². The summed E-state index contributed by atoms with van der Waals surface area (Å²) in [4.78, 5) is 4.44. The number of aromatic nitrogens is 3. The summed E-state index contributed by atoms with van der Waals surface area (Å²) in [6.07, 6.45) is 2.80. The highest BCUT2D eigenvalue weighted by atomic mass is 19.2. The van der Waals surface area contributed by atoms with E-state index in [0.29, 0.717) is 22.3 Å². The maximum atomic E-state index is 13.6. The molecule has 4 nitrogen and oxygen atoms in total. The summed E-state index contributed by atoms with van der Waals surface area (Å²) < 4.78 is 26.9. The van der Waals surface area contributed by atoms with Gasteiger partial charge in [-0.1, -0.05) is 13.8 Å². The summed E-state index contributed by atoms with van der Waals surface area (Å²) in [7, 11) is 0. The Morgan fingerprint density at radius 3 is 2.74 bits per heavy atom. The minimum atomic E-state index is -0.892. The Hall–Kier alpha value is -2.50. The van der Waals surface area contributed by atoms with Gasteiger partial charge in [0.25, 0.3) is 0 Å². The van der Waals surface area contributed by atoms with E-state index in [1.165, 1.54) is 0 Å². The summed E-state index contributed by atoms with van der Waals surface area (Å²) in [6.45, 7) is 5.29. The fraction of sp³-hybridized carbons (Fsp3) is 0.294. The van der Waals surface area contributed by atoms with E-state index in [9.17, 15) is 8.78 Å². The van der Waals surface area contributed by atoms with Crippen LogP contribution in [0.1, 0.15) is 25.8 Å². The number of nitrogens with zero attached hydrogens (tertiary/aromatic N) is 2. The van der Waals surface area contributed by atoms with Crippen molar-refractivity contribution >= 4 is 16.6 Å². The molecule has 0 fully saturated rings. The molecule has 1 aliphatic heterocycles. The van der Waals surface area contributed by atoms with Gasteiger partial charge in [0.05, 0.1) is 23.1 Å². The van der Waals surface area contributed by atoms with Gasteiger partial charge in [-0.3, -0.25) is 10.1 Å². The molecule has 0 radical (unpaired) electrons. The first-order valence-electron chi connectivity index (χ1n) is 7.53. The van der Waals surface area contributed by atoms with Crippen molar-refractivity contribution in [2.75, 3.05) is 11.9 Å². The molecule has 0 aliphatic carbocycles. The van der Waals surface area contributed by atoms with E-state index < -0.39 is 11.6 Å². The van der Waals surface area contributed by atoms with Gasteiger partial charge in [-0.25, -0.2) is 8.78 Å². The van der Waals surface area contributed by atoms with Crippen molar-refractivity contribution in [3.8, 4) is 11.4 Å². The van der Waals surface area contributed by atoms with Gasteiger partial charge >= 0.3 is 0 Å². The normalized spacial score (nSPS) is 16.2. The van der Waals surface area contributed by atoms with Gasteiger partial charge in [0.15, 0.2) is 11.6 Å². The number of rotatable bonds is 1. The Morgan fingerprint density at radius 1 is 1.13 bits per heavy atom. The van der Waals surface area contributed by atoms with Crippen LogP contribution in [0.4, 0.5) is 14.5 Å². The van der Waals surface area contributed by atoms with Gasteiger partial charge < -0.3 is 5.32 Å². The molecule has 0 unspecified atom stereocenters. The van der Waals surface area contributed by atoms with Crippen LogP contribution in [-0.2, 0) is 5.41 Å². The molecule has 2 aromatic heterocycles. The SMILES string of the molecule is CC1(C)CCNc2cnc(-c3n[nH]c4cc(F)c(F)cc34)cc21. The van der Waals surface area contributed by atoms with Gasteiger partial charge in [0, 0.05) is 18.0 Å². The lowest BCUT2D eigenvalue weighted by Crippen LogP contribution is -2.28. The lowest BCUT2D eigenvalue weighted by molar-refractivity contribution is 0.481. The van der Waals surface area contributed by atoms with Crippen LogP contribution in [-0.4, -0.2) is 21.7 Å². The second-order valence-corrected chi connectivity index (χ2v) is 6.56. The van der Waals surface area contributed by atoms with Crippen LogP contribution in [0.2, 0.25) is 0 Å². The average Bonchev–Trinajstić information content (AvgIpc) is 2.90. The predicted molar refractivity (Wildman–Crippen MR) is 85.4 cm³/mol. The summed E-state index contributed by atoms with van der Waals surface area (Å²) in [6, 6.07) is 4.26. The first-order valence-corrected chi connectivity index (χ1v) is 7.53. The first kappa shape index (κ1) is 14.1. The highest BCUT2D eigenvalue weighted by Gasteiger charge is 2.28. The van der Waals surface area contributed by atoms with Crippen LogP contribution in [0, 0.1) is 11.6 Å². The van der Waals surface area contributed by atoms with Crippen molar-refractivity contribution in [1.82, 2.24) is 15.2 Å². The number of hydrogen-bond acceptors (Lipinski definition) is 3. The molecule has 0 saturated heterocycles. The molecule has 118 valence electrons. The lowest BCUT2D eigenvalue weighted by Gasteiger charge is -2.33.